The van der Waals surface area contributed by atoms with Crippen molar-refractivity contribution in [2.24, 2.45) is 11.7 Å². The molecule has 0 bridgehead atoms. The summed E-state index contributed by atoms with van der Waals surface area (Å²) in [5.74, 6) is -1.63. The molecule has 0 aliphatic rings. The summed E-state index contributed by atoms with van der Waals surface area (Å²) in [7, 11) is 0. The van der Waals surface area contributed by atoms with Crippen molar-refractivity contribution in [1.82, 2.24) is 5.32 Å². The minimum absolute atomic E-state index is 0.167. The van der Waals surface area contributed by atoms with Gasteiger partial charge in [-0.25, -0.2) is 4.79 Å². The van der Waals surface area contributed by atoms with Crippen molar-refractivity contribution >= 4 is 11.9 Å². The smallest absolute Gasteiger partial charge is 0.326 e. The molecule has 4 N–H and O–H groups in total. The molecule has 0 saturated heterocycles. The zero-order chi connectivity index (χ0) is 12.2. The Morgan fingerprint density at radius 3 is 2.20 bits per heavy atom. The minimum atomic E-state index is -1.04. The van der Waals surface area contributed by atoms with Crippen LogP contribution < -0.4 is 11.1 Å². The van der Waals surface area contributed by atoms with Crippen LogP contribution in [0.2, 0.25) is 0 Å². The molecule has 0 radical (unpaired) electrons. The molecule has 0 aliphatic heterocycles. The first-order valence-corrected chi connectivity index (χ1v) is 5.05. The summed E-state index contributed by atoms with van der Waals surface area (Å²) in [5, 5.41) is 11.3. The van der Waals surface area contributed by atoms with Crippen LogP contribution in [0.25, 0.3) is 0 Å². The molecule has 5 nitrogen and oxygen atoms in total. The summed E-state index contributed by atoms with van der Waals surface area (Å²) in [5.41, 5.74) is 4.69. The number of nitrogens with one attached hydrogen (secondary N) is 1. The van der Waals surface area contributed by atoms with Gasteiger partial charge in [-0.1, -0.05) is 20.8 Å². The highest BCUT2D eigenvalue weighted by atomic mass is 16.4. The van der Waals surface area contributed by atoms with E-state index in [2.05, 4.69) is 5.32 Å². The molecule has 0 saturated carbocycles. The lowest BCUT2D eigenvalue weighted by Crippen LogP contribution is -2.56. The first-order valence-electron chi connectivity index (χ1n) is 5.05. The third-order valence-corrected chi connectivity index (χ3v) is 2.47. The van der Waals surface area contributed by atoms with Gasteiger partial charge in [0.05, 0.1) is 5.54 Å². The number of amides is 1. The quantitative estimate of drug-likeness (QED) is 0.618. The van der Waals surface area contributed by atoms with E-state index in [1.807, 2.05) is 0 Å². The predicted molar refractivity (Wildman–Crippen MR) is 57.3 cm³/mol. The van der Waals surface area contributed by atoms with Gasteiger partial charge in [0.15, 0.2) is 0 Å². The van der Waals surface area contributed by atoms with Gasteiger partial charge >= 0.3 is 5.97 Å². The average molecular weight is 216 g/mol. The van der Waals surface area contributed by atoms with Crippen LogP contribution in [-0.2, 0) is 9.59 Å². The molecule has 0 heterocycles. The average Bonchev–Trinajstić information content (AvgIpc) is 2.12. The molecule has 15 heavy (non-hydrogen) atoms. The summed E-state index contributed by atoms with van der Waals surface area (Å²) < 4.78 is 0. The Balaban J connectivity index is 4.57. The van der Waals surface area contributed by atoms with Gasteiger partial charge in [0.25, 0.3) is 0 Å². The second-order valence-corrected chi connectivity index (χ2v) is 4.30. The fourth-order valence-corrected chi connectivity index (χ4v) is 0.980. The van der Waals surface area contributed by atoms with Crippen molar-refractivity contribution in [2.45, 2.75) is 45.7 Å². The lowest BCUT2D eigenvalue weighted by atomic mass is 9.97. The Morgan fingerprint density at radius 1 is 1.47 bits per heavy atom. The van der Waals surface area contributed by atoms with E-state index in [4.69, 9.17) is 10.8 Å². The van der Waals surface area contributed by atoms with Crippen LogP contribution in [0, 0.1) is 5.92 Å². The maximum absolute atomic E-state index is 11.6. The number of aliphatic carboxylic acids is 1. The maximum Gasteiger partial charge on any atom is 0.326 e. The Kier molecular flexibility index (Phi) is 4.74. The van der Waals surface area contributed by atoms with Gasteiger partial charge in [0, 0.05) is 0 Å². The van der Waals surface area contributed by atoms with Crippen molar-refractivity contribution in [3.63, 3.8) is 0 Å². The molecule has 88 valence electrons. The summed E-state index contributed by atoms with van der Waals surface area (Å²) in [4.78, 5) is 22.5. The first kappa shape index (κ1) is 13.9. The van der Waals surface area contributed by atoms with E-state index < -0.39 is 23.5 Å². The van der Waals surface area contributed by atoms with E-state index in [0.29, 0.717) is 6.42 Å². The second kappa shape index (κ2) is 5.11. The fraction of sp³-hybridized carbons (Fsp3) is 0.800. The molecular formula is C10H20N2O3. The van der Waals surface area contributed by atoms with Crippen molar-refractivity contribution in [3.05, 3.63) is 0 Å². The van der Waals surface area contributed by atoms with Gasteiger partial charge in [0.2, 0.25) is 5.91 Å². The summed E-state index contributed by atoms with van der Waals surface area (Å²) in [6, 6.07) is -0.882. The maximum atomic E-state index is 11.6. The highest BCUT2D eigenvalue weighted by Crippen LogP contribution is 2.08. The summed E-state index contributed by atoms with van der Waals surface area (Å²) in [6.07, 6.45) is 0.462. The number of rotatable bonds is 5. The molecule has 0 fully saturated rings. The minimum Gasteiger partial charge on any atom is -0.480 e. The van der Waals surface area contributed by atoms with Crippen LogP contribution in [-0.4, -0.2) is 28.6 Å². The zero-order valence-electron chi connectivity index (χ0n) is 9.70. The van der Waals surface area contributed by atoms with Crippen LogP contribution in [0.15, 0.2) is 0 Å². The van der Waals surface area contributed by atoms with Gasteiger partial charge in [-0.05, 0) is 19.3 Å². The SMILES string of the molecule is CCC(C)(N)C(=O)N[C@H](C(=O)O)C(C)C. The van der Waals surface area contributed by atoms with Gasteiger partial charge in [-0.2, -0.15) is 0 Å². The summed E-state index contributed by atoms with van der Waals surface area (Å²) in [6.45, 7) is 6.84. The van der Waals surface area contributed by atoms with E-state index in [1.54, 1.807) is 27.7 Å². The molecule has 1 amide bonds. The zero-order valence-corrected chi connectivity index (χ0v) is 9.70. The number of carbonyl (C=O) groups excluding carboxylic acids is 1. The number of hydrogen-bond donors (Lipinski definition) is 3. The van der Waals surface area contributed by atoms with E-state index in [9.17, 15) is 9.59 Å². The second-order valence-electron chi connectivity index (χ2n) is 4.30. The number of hydrogen-bond acceptors (Lipinski definition) is 3. The van der Waals surface area contributed by atoms with Crippen LogP contribution in [0.5, 0.6) is 0 Å². The Labute approximate surface area is 90.0 Å². The first-order chi connectivity index (χ1) is 6.72. The third kappa shape index (κ3) is 3.87. The van der Waals surface area contributed by atoms with E-state index >= 15 is 0 Å². The molecular weight excluding hydrogens is 196 g/mol. The van der Waals surface area contributed by atoms with Crippen LogP contribution in [0.4, 0.5) is 0 Å². The fourth-order valence-electron chi connectivity index (χ4n) is 0.980. The van der Waals surface area contributed by atoms with Crippen molar-refractivity contribution in [2.75, 3.05) is 0 Å². The molecule has 0 spiro atoms. The predicted octanol–water partition coefficient (Wildman–Crippen LogP) is 0.339. The van der Waals surface area contributed by atoms with Crippen LogP contribution in [0.3, 0.4) is 0 Å². The topological polar surface area (TPSA) is 92.4 Å². The standard InChI is InChI=1S/C10H20N2O3/c1-5-10(4,11)9(15)12-7(6(2)3)8(13)14/h6-7H,5,11H2,1-4H3,(H,12,15)(H,13,14)/t7-,10?/m0/s1. The molecule has 1 unspecified atom stereocenters. The highest BCUT2D eigenvalue weighted by molar-refractivity contribution is 5.89. The van der Waals surface area contributed by atoms with Gasteiger partial charge in [-0.15, -0.1) is 0 Å². The lowest BCUT2D eigenvalue weighted by Gasteiger charge is -2.25. The van der Waals surface area contributed by atoms with Crippen molar-refractivity contribution < 1.29 is 14.7 Å². The van der Waals surface area contributed by atoms with E-state index in [0.717, 1.165) is 0 Å². The number of carboxylic acid groups (broad SMARTS) is 1. The van der Waals surface area contributed by atoms with Gasteiger partial charge in [0.1, 0.15) is 6.04 Å². The Morgan fingerprint density at radius 2 is 1.93 bits per heavy atom. The van der Waals surface area contributed by atoms with Crippen LogP contribution >= 0.6 is 0 Å². The summed E-state index contributed by atoms with van der Waals surface area (Å²) >= 11 is 0. The molecule has 0 aliphatic carbocycles. The molecule has 0 rings (SSSR count). The third-order valence-electron chi connectivity index (χ3n) is 2.47. The lowest BCUT2D eigenvalue weighted by molar-refractivity contribution is -0.143. The largest absolute Gasteiger partial charge is 0.480 e. The van der Waals surface area contributed by atoms with E-state index in [1.165, 1.54) is 0 Å². The Bertz CT molecular complexity index is 249. The normalized spacial score (nSPS) is 16.9. The molecule has 0 aromatic carbocycles. The van der Waals surface area contributed by atoms with Crippen molar-refractivity contribution in [3.8, 4) is 0 Å². The molecule has 0 aromatic heterocycles. The molecule has 2 atom stereocenters. The Hall–Kier alpha value is -1.10. The molecule has 5 heteroatoms. The van der Waals surface area contributed by atoms with E-state index in [-0.39, 0.29) is 5.92 Å². The monoisotopic (exact) mass is 216 g/mol. The number of carboxylic acids is 1. The van der Waals surface area contributed by atoms with Gasteiger partial charge < -0.3 is 16.2 Å². The number of carbonyl (C=O) groups is 2. The molecule has 0 aromatic rings. The van der Waals surface area contributed by atoms with Crippen LogP contribution in [0.1, 0.15) is 34.1 Å². The highest BCUT2D eigenvalue weighted by Gasteiger charge is 2.31. The van der Waals surface area contributed by atoms with Gasteiger partial charge in [-0.3, -0.25) is 4.79 Å². The number of nitrogens with two attached hydrogens (primary N) is 1. The van der Waals surface area contributed by atoms with Crippen molar-refractivity contribution in [1.29, 1.82) is 0 Å².